The fourth-order valence-corrected chi connectivity index (χ4v) is 2.85. The van der Waals surface area contributed by atoms with Gasteiger partial charge in [0, 0.05) is 24.3 Å². The topological polar surface area (TPSA) is 50.4 Å². The van der Waals surface area contributed by atoms with Crippen molar-refractivity contribution in [3.63, 3.8) is 0 Å². The van der Waals surface area contributed by atoms with Crippen molar-refractivity contribution in [1.29, 1.82) is 0 Å². The van der Waals surface area contributed by atoms with E-state index < -0.39 is 0 Å². The van der Waals surface area contributed by atoms with Gasteiger partial charge in [-0.25, -0.2) is 0 Å². The van der Waals surface area contributed by atoms with Crippen LogP contribution in [-0.4, -0.2) is 31.2 Å². The Balaban J connectivity index is 2.08. The number of rotatable bonds is 3. The molecule has 1 aliphatic rings. The molecule has 1 aromatic rings. The number of amides is 1. The Morgan fingerprint density at radius 1 is 1.25 bits per heavy atom. The van der Waals surface area contributed by atoms with Gasteiger partial charge in [-0.05, 0) is 57.4 Å². The summed E-state index contributed by atoms with van der Waals surface area (Å²) in [5.74, 6) is -0.0482. The summed E-state index contributed by atoms with van der Waals surface area (Å²) in [6, 6.07) is 6.21. The quantitative estimate of drug-likeness (QED) is 0.892. The lowest BCUT2D eigenvalue weighted by Crippen LogP contribution is -2.37. The molecular weight excluding hydrogens is 252 g/mol. The van der Waals surface area contributed by atoms with Gasteiger partial charge in [0.05, 0.1) is 12.2 Å². The third kappa shape index (κ3) is 3.51. The Labute approximate surface area is 120 Å². The lowest BCUT2D eigenvalue weighted by Gasteiger charge is -2.33. The highest BCUT2D eigenvalue weighted by Gasteiger charge is 2.24. The molecule has 0 bridgehead atoms. The smallest absolute Gasteiger partial charge is 0.251 e. The van der Waals surface area contributed by atoms with Gasteiger partial charge in [0.15, 0.2) is 0 Å². The van der Waals surface area contributed by atoms with Crippen LogP contribution in [0.15, 0.2) is 18.2 Å². The van der Waals surface area contributed by atoms with E-state index in [0.29, 0.717) is 23.8 Å². The molecule has 20 heavy (non-hydrogen) atoms. The Bertz CT molecular complexity index is 477. The van der Waals surface area contributed by atoms with Crippen LogP contribution in [0.25, 0.3) is 0 Å². The molecule has 2 atom stereocenters. The fraction of sp³-hybridized carbons (Fsp3) is 0.562. The molecule has 1 amide bonds. The number of benzene rings is 1. The zero-order valence-corrected chi connectivity index (χ0v) is 12.7. The lowest BCUT2D eigenvalue weighted by atomic mass is 9.99. The zero-order chi connectivity index (χ0) is 14.7. The van der Waals surface area contributed by atoms with E-state index in [4.69, 9.17) is 4.74 Å². The maximum atomic E-state index is 11.6. The van der Waals surface area contributed by atoms with Crippen LogP contribution >= 0.6 is 0 Å². The van der Waals surface area contributed by atoms with Crippen molar-refractivity contribution < 1.29 is 9.53 Å². The molecule has 0 saturated carbocycles. The van der Waals surface area contributed by atoms with Crippen LogP contribution in [0.5, 0.6) is 0 Å². The first kappa shape index (κ1) is 14.9. The van der Waals surface area contributed by atoms with Crippen LogP contribution in [0, 0.1) is 6.92 Å². The summed E-state index contributed by atoms with van der Waals surface area (Å²) in [5.41, 5.74) is 2.89. The minimum atomic E-state index is -0.0482. The highest BCUT2D eigenvalue weighted by molar-refractivity contribution is 5.94. The molecule has 1 aromatic carbocycles. The first-order chi connectivity index (χ1) is 9.49. The van der Waals surface area contributed by atoms with E-state index >= 15 is 0 Å². The fourth-order valence-electron chi connectivity index (χ4n) is 2.85. The minimum absolute atomic E-state index is 0.0482. The predicted octanol–water partition coefficient (Wildman–Crippen LogP) is 2.72. The van der Waals surface area contributed by atoms with Crippen LogP contribution in [-0.2, 0) is 4.74 Å². The van der Waals surface area contributed by atoms with Crippen molar-refractivity contribution in [1.82, 2.24) is 5.32 Å². The molecule has 4 heteroatoms. The number of anilines is 1. The minimum Gasteiger partial charge on any atom is -0.382 e. The SMILES string of the molecule is CNC(=O)c1ccc(NC2CC(C)OC(C)C2)c(C)c1. The van der Waals surface area contributed by atoms with Gasteiger partial charge in [-0.1, -0.05) is 0 Å². The van der Waals surface area contributed by atoms with Gasteiger partial charge in [0.1, 0.15) is 0 Å². The number of carbonyl (C=O) groups is 1. The number of nitrogens with one attached hydrogen (secondary N) is 2. The van der Waals surface area contributed by atoms with Crippen molar-refractivity contribution in [3.05, 3.63) is 29.3 Å². The van der Waals surface area contributed by atoms with Gasteiger partial charge in [0.25, 0.3) is 5.91 Å². The molecule has 0 spiro atoms. The molecular formula is C16H24N2O2. The van der Waals surface area contributed by atoms with Gasteiger partial charge in [-0.15, -0.1) is 0 Å². The molecule has 4 nitrogen and oxygen atoms in total. The maximum absolute atomic E-state index is 11.6. The molecule has 0 aliphatic carbocycles. The Morgan fingerprint density at radius 2 is 1.90 bits per heavy atom. The van der Waals surface area contributed by atoms with Crippen LogP contribution in [0.3, 0.4) is 0 Å². The van der Waals surface area contributed by atoms with Crippen molar-refractivity contribution in [2.24, 2.45) is 0 Å². The number of carbonyl (C=O) groups excluding carboxylic acids is 1. The number of hydrogen-bond donors (Lipinski definition) is 2. The van der Waals surface area contributed by atoms with Crippen molar-refractivity contribution in [2.75, 3.05) is 12.4 Å². The Morgan fingerprint density at radius 3 is 2.45 bits per heavy atom. The van der Waals surface area contributed by atoms with Crippen molar-refractivity contribution in [3.8, 4) is 0 Å². The van der Waals surface area contributed by atoms with Gasteiger partial charge in [-0.3, -0.25) is 4.79 Å². The second-order valence-corrected chi connectivity index (χ2v) is 5.68. The van der Waals surface area contributed by atoms with E-state index in [1.807, 2.05) is 25.1 Å². The third-order valence-corrected chi connectivity index (χ3v) is 3.77. The lowest BCUT2D eigenvalue weighted by molar-refractivity contribution is -0.0337. The molecule has 1 saturated heterocycles. The Hall–Kier alpha value is -1.55. The van der Waals surface area contributed by atoms with Crippen LogP contribution < -0.4 is 10.6 Å². The van der Waals surface area contributed by atoms with E-state index in [0.717, 1.165) is 24.1 Å². The summed E-state index contributed by atoms with van der Waals surface area (Å²) in [5, 5.41) is 6.23. The summed E-state index contributed by atoms with van der Waals surface area (Å²) in [4.78, 5) is 11.6. The highest BCUT2D eigenvalue weighted by Crippen LogP contribution is 2.24. The van der Waals surface area contributed by atoms with Crippen molar-refractivity contribution >= 4 is 11.6 Å². The normalized spacial score (nSPS) is 26.1. The van der Waals surface area contributed by atoms with Gasteiger partial charge >= 0.3 is 0 Å². The standard InChI is InChI=1S/C16H24N2O2/c1-10-7-13(16(19)17-4)5-6-15(10)18-14-8-11(2)20-12(3)9-14/h5-7,11-12,14,18H,8-9H2,1-4H3,(H,17,19). The molecule has 110 valence electrons. The first-order valence-corrected chi connectivity index (χ1v) is 7.24. The second-order valence-electron chi connectivity index (χ2n) is 5.68. The van der Waals surface area contributed by atoms with Crippen LogP contribution in [0.2, 0.25) is 0 Å². The second kappa shape index (κ2) is 6.27. The van der Waals surface area contributed by atoms with Gasteiger partial charge < -0.3 is 15.4 Å². The van der Waals surface area contributed by atoms with E-state index in [-0.39, 0.29) is 5.91 Å². The molecule has 1 fully saturated rings. The van der Waals surface area contributed by atoms with Gasteiger partial charge in [0.2, 0.25) is 0 Å². The maximum Gasteiger partial charge on any atom is 0.251 e. The first-order valence-electron chi connectivity index (χ1n) is 7.24. The highest BCUT2D eigenvalue weighted by atomic mass is 16.5. The van der Waals surface area contributed by atoms with Crippen LogP contribution in [0.4, 0.5) is 5.69 Å². The number of ether oxygens (including phenoxy) is 1. The van der Waals surface area contributed by atoms with Gasteiger partial charge in [-0.2, -0.15) is 0 Å². The summed E-state index contributed by atoms with van der Waals surface area (Å²) < 4.78 is 5.76. The van der Waals surface area contributed by atoms with E-state index in [9.17, 15) is 4.79 Å². The largest absolute Gasteiger partial charge is 0.382 e. The third-order valence-electron chi connectivity index (χ3n) is 3.77. The molecule has 2 rings (SSSR count). The zero-order valence-electron chi connectivity index (χ0n) is 12.7. The molecule has 0 radical (unpaired) electrons. The molecule has 1 aliphatic heterocycles. The average molecular weight is 276 g/mol. The van der Waals surface area contributed by atoms with E-state index in [2.05, 4.69) is 24.5 Å². The molecule has 2 N–H and O–H groups in total. The summed E-state index contributed by atoms with van der Waals surface area (Å²) in [7, 11) is 1.65. The monoisotopic (exact) mass is 276 g/mol. The van der Waals surface area contributed by atoms with E-state index in [1.165, 1.54) is 0 Å². The Kier molecular flexibility index (Phi) is 4.65. The van der Waals surface area contributed by atoms with Crippen molar-refractivity contribution in [2.45, 2.75) is 51.9 Å². The predicted molar refractivity (Wildman–Crippen MR) is 81.2 cm³/mol. The van der Waals surface area contributed by atoms with E-state index in [1.54, 1.807) is 7.05 Å². The number of hydrogen-bond acceptors (Lipinski definition) is 3. The molecule has 0 aromatic heterocycles. The summed E-state index contributed by atoms with van der Waals surface area (Å²) in [6.07, 6.45) is 2.62. The summed E-state index contributed by atoms with van der Waals surface area (Å²) >= 11 is 0. The number of aryl methyl sites for hydroxylation is 1. The summed E-state index contributed by atoms with van der Waals surface area (Å²) in [6.45, 7) is 6.26. The van der Waals surface area contributed by atoms with Crippen LogP contribution in [0.1, 0.15) is 42.6 Å². The molecule has 1 heterocycles. The molecule has 2 unspecified atom stereocenters. The average Bonchev–Trinajstić information content (AvgIpc) is 2.39.